The molecule has 1 aliphatic heterocycles. The van der Waals surface area contributed by atoms with Crippen LogP contribution in [0.4, 0.5) is 4.39 Å². The maximum atomic E-state index is 14.5. The number of carbonyl (C=O) groups excluding carboxylic acids is 1. The number of aromatic amines is 1. The van der Waals surface area contributed by atoms with E-state index in [9.17, 15) is 9.18 Å². The third-order valence-electron chi connectivity index (χ3n) is 6.38. The third-order valence-corrected chi connectivity index (χ3v) is 6.38. The molecule has 5 aromatic rings. The van der Waals surface area contributed by atoms with E-state index in [1.165, 1.54) is 11.7 Å². The number of nitrogens with one attached hydrogen (secondary N) is 1. The quantitative estimate of drug-likeness (QED) is 0.385. The number of carbonyl (C=O) groups is 1. The molecule has 37 heavy (non-hydrogen) atoms. The monoisotopic (exact) mass is 498 g/mol. The molecule has 6 rings (SSSR count). The number of benzene rings is 2. The van der Waals surface area contributed by atoms with E-state index in [1.54, 1.807) is 30.3 Å². The number of pyridine rings is 1. The molecule has 1 fully saturated rings. The van der Waals surface area contributed by atoms with Gasteiger partial charge in [-0.2, -0.15) is 4.80 Å². The van der Waals surface area contributed by atoms with E-state index in [0.717, 1.165) is 11.1 Å². The van der Waals surface area contributed by atoms with Gasteiger partial charge in [-0.25, -0.2) is 9.37 Å². The van der Waals surface area contributed by atoms with Gasteiger partial charge in [-0.05, 0) is 47.7 Å². The largest absolute Gasteiger partial charge is 0.457 e. The SMILES string of the molecule is CC(=O)N1CC(F)CC1c1cc2[nH]c(-c3ccccn3)nc2cc1Oc1ccc(-c2nnn(C)n2)cc1. The number of hydrogen-bond acceptors (Lipinski definition) is 7. The molecule has 186 valence electrons. The van der Waals surface area contributed by atoms with Crippen molar-refractivity contribution in [1.29, 1.82) is 0 Å². The van der Waals surface area contributed by atoms with Crippen LogP contribution in [0.2, 0.25) is 0 Å². The number of ether oxygens (including phenoxy) is 1. The van der Waals surface area contributed by atoms with Crippen LogP contribution in [0.15, 0.2) is 60.8 Å². The highest BCUT2D eigenvalue weighted by Crippen LogP contribution is 2.41. The molecule has 0 aliphatic carbocycles. The lowest BCUT2D eigenvalue weighted by Gasteiger charge is -2.25. The van der Waals surface area contributed by atoms with Gasteiger partial charge in [-0.3, -0.25) is 9.78 Å². The number of rotatable bonds is 5. The van der Waals surface area contributed by atoms with Crippen molar-refractivity contribution in [2.75, 3.05) is 6.54 Å². The lowest BCUT2D eigenvalue weighted by Crippen LogP contribution is -2.29. The number of aryl methyl sites for hydroxylation is 1. The van der Waals surface area contributed by atoms with Gasteiger partial charge < -0.3 is 14.6 Å². The summed E-state index contributed by atoms with van der Waals surface area (Å²) in [5.74, 6) is 2.00. The maximum Gasteiger partial charge on any atom is 0.220 e. The molecule has 3 aromatic heterocycles. The number of imidazole rings is 1. The molecule has 0 saturated carbocycles. The normalized spacial score (nSPS) is 17.4. The van der Waals surface area contributed by atoms with Gasteiger partial charge >= 0.3 is 0 Å². The topological polar surface area (TPSA) is 115 Å². The summed E-state index contributed by atoms with van der Waals surface area (Å²) in [5, 5.41) is 12.1. The van der Waals surface area contributed by atoms with Crippen LogP contribution in [-0.2, 0) is 11.8 Å². The second-order valence-electron chi connectivity index (χ2n) is 8.96. The lowest BCUT2D eigenvalue weighted by atomic mass is 10.0. The number of fused-ring (bicyclic) bond motifs is 1. The Morgan fingerprint density at radius 2 is 2.00 bits per heavy atom. The van der Waals surface area contributed by atoms with Crippen molar-refractivity contribution in [1.82, 2.24) is 40.1 Å². The molecule has 2 aromatic carbocycles. The van der Waals surface area contributed by atoms with Crippen molar-refractivity contribution < 1.29 is 13.9 Å². The second-order valence-corrected chi connectivity index (χ2v) is 8.96. The van der Waals surface area contributed by atoms with Gasteiger partial charge in [-0.1, -0.05) is 6.07 Å². The van der Waals surface area contributed by atoms with Gasteiger partial charge in [-0.15, -0.1) is 10.2 Å². The standard InChI is InChI=1S/C26H23FN8O2/c1-15(36)35-14-17(27)11-23(35)19-12-21-22(30-26(29-21)20-5-3-4-10-28-20)13-24(19)37-18-8-6-16(7-9-18)25-31-33-34(2)32-25/h3-10,12-13,17,23H,11,14H2,1-2H3,(H,29,30). The van der Waals surface area contributed by atoms with E-state index in [1.807, 2.05) is 42.5 Å². The number of tetrazole rings is 1. The molecule has 0 bridgehead atoms. The molecule has 2 atom stereocenters. The molecule has 2 unspecified atom stereocenters. The maximum absolute atomic E-state index is 14.5. The molecule has 0 spiro atoms. The van der Waals surface area contributed by atoms with Crippen LogP contribution < -0.4 is 4.74 Å². The Morgan fingerprint density at radius 3 is 2.70 bits per heavy atom. The number of likely N-dealkylation sites (tertiary alicyclic amines) is 1. The number of hydrogen-bond donors (Lipinski definition) is 1. The Bertz CT molecular complexity index is 1580. The van der Waals surface area contributed by atoms with Crippen molar-refractivity contribution in [3.8, 4) is 34.4 Å². The third kappa shape index (κ3) is 4.39. The molecule has 1 amide bonds. The van der Waals surface area contributed by atoms with E-state index >= 15 is 0 Å². The fraction of sp³-hybridized carbons (Fsp3) is 0.231. The minimum atomic E-state index is -1.11. The summed E-state index contributed by atoms with van der Waals surface area (Å²) in [6, 6.07) is 16.1. The van der Waals surface area contributed by atoms with E-state index in [-0.39, 0.29) is 18.9 Å². The number of H-pyrrole nitrogens is 1. The zero-order valence-corrected chi connectivity index (χ0v) is 20.2. The average Bonchev–Trinajstić information content (AvgIpc) is 3.62. The molecular formula is C26H23FN8O2. The Hall–Kier alpha value is -4.67. The highest BCUT2D eigenvalue weighted by atomic mass is 19.1. The minimum absolute atomic E-state index is 0.0550. The van der Waals surface area contributed by atoms with Gasteiger partial charge in [0.1, 0.15) is 23.4 Å². The summed E-state index contributed by atoms with van der Waals surface area (Å²) in [6.45, 7) is 1.51. The van der Waals surface area contributed by atoms with E-state index in [4.69, 9.17) is 9.72 Å². The molecule has 4 heterocycles. The molecule has 10 nitrogen and oxygen atoms in total. The fourth-order valence-corrected chi connectivity index (χ4v) is 4.65. The van der Waals surface area contributed by atoms with Crippen molar-refractivity contribution in [2.24, 2.45) is 7.05 Å². The highest BCUT2D eigenvalue weighted by Gasteiger charge is 2.37. The number of amides is 1. The number of nitrogens with zero attached hydrogens (tertiary/aromatic N) is 7. The summed E-state index contributed by atoms with van der Waals surface area (Å²) in [5.41, 5.74) is 3.62. The number of halogens is 1. The van der Waals surface area contributed by atoms with E-state index in [0.29, 0.717) is 39.9 Å². The second kappa shape index (κ2) is 9.08. The first-order chi connectivity index (χ1) is 17.9. The first-order valence-electron chi connectivity index (χ1n) is 11.8. The van der Waals surface area contributed by atoms with Crippen molar-refractivity contribution in [3.63, 3.8) is 0 Å². The van der Waals surface area contributed by atoms with Crippen LogP contribution in [-0.4, -0.2) is 58.7 Å². The number of alkyl halides is 1. The van der Waals surface area contributed by atoms with E-state index in [2.05, 4.69) is 25.4 Å². The Labute approximate surface area is 211 Å². The van der Waals surface area contributed by atoms with Gasteiger partial charge in [0, 0.05) is 36.7 Å². The zero-order valence-electron chi connectivity index (χ0n) is 20.2. The van der Waals surface area contributed by atoms with Gasteiger partial charge in [0.15, 0.2) is 5.82 Å². The van der Waals surface area contributed by atoms with Crippen LogP contribution in [0.5, 0.6) is 11.5 Å². The Kier molecular flexibility index (Phi) is 5.59. The van der Waals surface area contributed by atoms with Gasteiger partial charge in [0.25, 0.3) is 0 Å². The molecule has 0 radical (unpaired) electrons. The first kappa shape index (κ1) is 22.8. The average molecular weight is 499 g/mol. The van der Waals surface area contributed by atoms with Crippen LogP contribution in [0.1, 0.15) is 24.9 Å². The summed E-state index contributed by atoms with van der Waals surface area (Å²) in [7, 11) is 1.70. The molecule has 1 aliphatic rings. The van der Waals surface area contributed by atoms with E-state index < -0.39 is 12.2 Å². The Morgan fingerprint density at radius 1 is 1.16 bits per heavy atom. The summed E-state index contributed by atoms with van der Waals surface area (Å²) < 4.78 is 20.8. The molecule has 1 N–H and O–H groups in total. The summed E-state index contributed by atoms with van der Waals surface area (Å²) in [4.78, 5) is 27.7. The minimum Gasteiger partial charge on any atom is -0.457 e. The van der Waals surface area contributed by atoms with Crippen LogP contribution in [0.3, 0.4) is 0 Å². The lowest BCUT2D eigenvalue weighted by molar-refractivity contribution is -0.129. The van der Waals surface area contributed by atoms with Crippen molar-refractivity contribution in [2.45, 2.75) is 25.6 Å². The highest BCUT2D eigenvalue weighted by molar-refractivity contribution is 5.82. The fourth-order valence-electron chi connectivity index (χ4n) is 4.65. The van der Waals surface area contributed by atoms with Crippen LogP contribution in [0.25, 0.3) is 33.9 Å². The first-order valence-corrected chi connectivity index (χ1v) is 11.8. The predicted octanol–water partition coefficient (Wildman–Crippen LogP) is 4.24. The number of aromatic nitrogens is 7. The predicted molar refractivity (Wildman–Crippen MR) is 133 cm³/mol. The zero-order chi connectivity index (χ0) is 25.5. The van der Waals surface area contributed by atoms with Gasteiger partial charge in [0.05, 0.1) is 30.7 Å². The summed E-state index contributed by atoms with van der Waals surface area (Å²) in [6.07, 6.45) is 0.787. The van der Waals surface area contributed by atoms with Crippen molar-refractivity contribution >= 4 is 16.9 Å². The van der Waals surface area contributed by atoms with Crippen LogP contribution in [0, 0.1) is 0 Å². The Balaban J connectivity index is 1.41. The molecule has 11 heteroatoms. The smallest absolute Gasteiger partial charge is 0.220 e. The molecular weight excluding hydrogens is 475 g/mol. The van der Waals surface area contributed by atoms with Crippen LogP contribution >= 0.6 is 0 Å². The molecule has 1 saturated heterocycles. The summed E-state index contributed by atoms with van der Waals surface area (Å²) >= 11 is 0. The van der Waals surface area contributed by atoms with Crippen molar-refractivity contribution in [3.05, 3.63) is 66.4 Å². The van der Waals surface area contributed by atoms with Gasteiger partial charge in [0.2, 0.25) is 11.7 Å².